The van der Waals surface area contributed by atoms with Crippen LogP contribution in [0.2, 0.25) is 0 Å². The lowest BCUT2D eigenvalue weighted by atomic mass is 9.42. The Labute approximate surface area is 163 Å². The lowest BCUT2D eigenvalue weighted by molar-refractivity contribution is -0.248. The van der Waals surface area contributed by atoms with Gasteiger partial charge in [0.25, 0.3) is 0 Å². The summed E-state index contributed by atoms with van der Waals surface area (Å²) >= 11 is 0. The van der Waals surface area contributed by atoms with Crippen LogP contribution in [0.4, 0.5) is 0 Å². The second kappa shape index (κ2) is 6.93. The molecule has 0 aromatic carbocycles. The molecule has 0 aromatic rings. The molecule has 5 aliphatic rings. The molecule has 0 aliphatic heterocycles. The Hall–Kier alpha value is -1.32. The van der Waals surface area contributed by atoms with E-state index < -0.39 is 5.97 Å². The third-order valence-corrected chi connectivity index (χ3v) is 8.14. The van der Waals surface area contributed by atoms with Gasteiger partial charge in [-0.05, 0) is 68.1 Å². The van der Waals surface area contributed by atoms with Crippen molar-refractivity contribution < 1.29 is 19.1 Å². The van der Waals surface area contributed by atoms with Crippen LogP contribution in [0.3, 0.4) is 0 Å². The fourth-order valence-electron chi connectivity index (χ4n) is 7.57. The van der Waals surface area contributed by atoms with E-state index in [1.807, 2.05) is 0 Å². The number of hydrogen-bond acceptors (Lipinski definition) is 4. The summed E-state index contributed by atoms with van der Waals surface area (Å²) < 4.78 is 11.4. The SMILES string of the molecule is C=CC(=O)OCC(=O)OC1(C2CCCC(C)C2)C2CC3CC1CC(C)(C3)C2. The largest absolute Gasteiger partial charge is 0.456 e. The van der Waals surface area contributed by atoms with Gasteiger partial charge in [-0.1, -0.05) is 33.3 Å². The van der Waals surface area contributed by atoms with Crippen LogP contribution in [-0.2, 0) is 19.1 Å². The minimum absolute atomic E-state index is 0.297. The van der Waals surface area contributed by atoms with Gasteiger partial charge in [-0.15, -0.1) is 0 Å². The van der Waals surface area contributed by atoms with Crippen LogP contribution in [0, 0.1) is 35.0 Å². The van der Waals surface area contributed by atoms with Crippen LogP contribution < -0.4 is 0 Å². The summed E-state index contributed by atoms with van der Waals surface area (Å²) in [5.74, 6) is 1.97. The molecule has 0 spiro atoms. The summed E-state index contributed by atoms with van der Waals surface area (Å²) in [6.45, 7) is 7.88. The number of ether oxygens (including phenoxy) is 2. The Bertz CT molecular complexity index is 600. The van der Waals surface area contributed by atoms with Crippen molar-refractivity contribution in [1.82, 2.24) is 0 Å². The highest BCUT2D eigenvalue weighted by atomic mass is 16.6. The van der Waals surface area contributed by atoms with Crippen LogP contribution >= 0.6 is 0 Å². The molecule has 4 nitrogen and oxygen atoms in total. The van der Waals surface area contributed by atoms with Gasteiger partial charge in [-0.2, -0.15) is 0 Å². The average molecular weight is 375 g/mol. The molecule has 4 bridgehead atoms. The summed E-state index contributed by atoms with van der Waals surface area (Å²) in [5.41, 5.74) is 0.102. The first-order chi connectivity index (χ1) is 12.8. The third-order valence-electron chi connectivity index (χ3n) is 8.14. The molecule has 0 amide bonds. The van der Waals surface area contributed by atoms with E-state index in [0.29, 0.717) is 29.1 Å². The Kier molecular flexibility index (Phi) is 4.88. The first-order valence-electron chi connectivity index (χ1n) is 10.9. The molecule has 0 N–H and O–H groups in total. The Morgan fingerprint density at radius 1 is 1.07 bits per heavy atom. The van der Waals surface area contributed by atoms with Crippen molar-refractivity contribution in [3.63, 3.8) is 0 Å². The second-order valence-electron chi connectivity index (χ2n) is 10.3. The van der Waals surface area contributed by atoms with Gasteiger partial charge < -0.3 is 9.47 Å². The highest BCUT2D eigenvalue weighted by Crippen LogP contribution is 2.67. The quantitative estimate of drug-likeness (QED) is 0.518. The van der Waals surface area contributed by atoms with Gasteiger partial charge in [0.15, 0.2) is 6.61 Å². The van der Waals surface area contributed by atoms with E-state index in [1.54, 1.807) is 0 Å². The van der Waals surface area contributed by atoms with Crippen LogP contribution in [0.1, 0.15) is 71.6 Å². The molecule has 150 valence electrons. The number of hydrogen-bond donors (Lipinski definition) is 0. The number of carbonyl (C=O) groups excluding carboxylic acids is 2. The van der Waals surface area contributed by atoms with E-state index in [4.69, 9.17) is 9.47 Å². The predicted octanol–water partition coefficient (Wildman–Crippen LogP) is 4.67. The van der Waals surface area contributed by atoms with E-state index >= 15 is 0 Å². The molecule has 27 heavy (non-hydrogen) atoms. The van der Waals surface area contributed by atoms with Crippen LogP contribution in [-0.4, -0.2) is 24.1 Å². The molecule has 5 rings (SSSR count). The highest BCUT2D eigenvalue weighted by Gasteiger charge is 2.65. The topological polar surface area (TPSA) is 52.6 Å². The number of rotatable bonds is 5. The van der Waals surface area contributed by atoms with E-state index in [1.165, 1.54) is 51.4 Å². The van der Waals surface area contributed by atoms with Crippen molar-refractivity contribution in [3.05, 3.63) is 12.7 Å². The first kappa shape index (κ1) is 19.0. The molecule has 4 atom stereocenters. The summed E-state index contributed by atoms with van der Waals surface area (Å²) in [6, 6.07) is 0. The smallest absolute Gasteiger partial charge is 0.344 e. The maximum absolute atomic E-state index is 12.7. The molecule has 5 aliphatic carbocycles. The van der Waals surface area contributed by atoms with Gasteiger partial charge in [-0.3, -0.25) is 0 Å². The van der Waals surface area contributed by atoms with Gasteiger partial charge in [0.05, 0.1) is 0 Å². The Morgan fingerprint density at radius 2 is 1.78 bits per heavy atom. The van der Waals surface area contributed by atoms with Gasteiger partial charge in [0.1, 0.15) is 5.60 Å². The normalized spacial score (nSPS) is 45.3. The van der Waals surface area contributed by atoms with Gasteiger partial charge in [-0.25, -0.2) is 9.59 Å². The standard InChI is InChI=1S/C23H34O4/c1-4-20(24)26-14-21(25)27-23(17-7-5-6-15(2)8-17)18-9-16-10-19(23)13-22(3,11-16)12-18/h4,15-19H,1,5-14H2,2-3H3. The molecule has 4 heteroatoms. The third kappa shape index (κ3) is 3.34. The number of esters is 2. The van der Waals surface area contributed by atoms with Gasteiger partial charge in [0.2, 0.25) is 0 Å². The fourth-order valence-corrected chi connectivity index (χ4v) is 7.57. The fraction of sp³-hybridized carbons (Fsp3) is 0.826. The van der Waals surface area contributed by atoms with Crippen molar-refractivity contribution >= 4 is 11.9 Å². The van der Waals surface area contributed by atoms with Crippen molar-refractivity contribution in [2.24, 2.45) is 35.0 Å². The maximum atomic E-state index is 12.7. The monoisotopic (exact) mass is 374 g/mol. The molecular formula is C23H34O4. The van der Waals surface area contributed by atoms with Crippen LogP contribution in [0.25, 0.3) is 0 Å². The van der Waals surface area contributed by atoms with Crippen LogP contribution in [0.5, 0.6) is 0 Å². The Morgan fingerprint density at radius 3 is 2.37 bits per heavy atom. The highest BCUT2D eigenvalue weighted by molar-refractivity contribution is 5.83. The minimum Gasteiger partial charge on any atom is -0.456 e. The lowest BCUT2D eigenvalue weighted by Gasteiger charge is -2.66. The molecule has 0 heterocycles. The van der Waals surface area contributed by atoms with Gasteiger partial charge in [0, 0.05) is 17.9 Å². The molecule has 5 fully saturated rings. The molecule has 0 aromatic heterocycles. The van der Waals surface area contributed by atoms with Crippen molar-refractivity contribution in [2.45, 2.75) is 77.2 Å². The zero-order valence-corrected chi connectivity index (χ0v) is 16.9. The van der Waals surface area contributed by atoms with Crippen molar-refractivity contribution in [1.29, 1.82) is 0 Å². The van der Waals surface area contributed by atoms with E-state index in [9.17, 15) is 9.59 Å². The van der Waals surface area contributed by atoms with Gasteiger partial charge >= 0.3 is 11.9 Å². The van der Waals surface area contributed by atoms with E-state index in [2.05, 4.69) is 20.4 Å². The van der Waals surface area contributed by atoms with Crippen molar-refractivity contribution in [3.8, 4) is 0 Å². The second-order valence-corrected chi connectivity index (χ2v) is 10.3. The molecule has 5 saturated carbocycles. The molecule has 4 unspecified atom stereocenters. The number of carbonyl (C=O) groups is 2. The molecule has 0 saturated heterocycles. The van der Waals surface area contributed by atoms with Crippen LogP contribution in [0.15, 0.2) is 12.7 Å². The minimum atomic E-state index is -0.565. The average Bonchev–Trinajstić information content (AvgIpc) is 2.61. The van der Waals surface area contributed by atoms with E-state index in [-0.39, 0.29) is 18.2 Å². The summed E-state index contributed by atoms with van der Waals surface area (Å²) in [4.78, 5) is 24.1. The summed E-state index contributed by atoms with van der Waals surface area (Å²) in [6.07, 6.45) is 12.1. The summed E-state index contributed by atoms with van der Waals surface area (Å²) in [5, 5.41) is 0. The molecular weight excluding hydrogens is 340 g/mol. The summed E-state index contributed by atoms with van der Waals surface area (Å²) in [7, 11) is 0. The van der Waals surface area contributed by atoms with Crippen molar-refractivity contribution in [2.75, 3.05) is 6.61 Å². The Balaban J connectivity index is 1.60. The van der Waals surface area contributed by atoms with E-state index in [0.717, 1.165) is 18.4 Å². The zero-order valence-electron chi connectivity index (χ0n) is 16.9. The molecule has 0 radical (unpaired) electrons. The maximum Gasteiger partial charge on any atom is 0.344 e. The lowest BCUT2D eigenvalue weighted by Crippen LogP contribution is -2.65. The first-order valence-corrected chi connectivity index (χ1v) is 10.9. The predicted molar refractivity (Wildman–Crippen MR) is 103 cm³/mol. The zero-order chi connectivity index (χ0) is 19.2.